The van der Waals surface area contributed by atoms with Gasteiger partial charge >= 0.3 is 0 Å². The van der Waals surface area contributed by atoms with Gasteiger partial charge in [0.25, 0.3) is 0 Å². The number of hydrogen-bond donors (Lipinski definition) is 1. The molecule has 0 aliphatic carbocycles. The molecular formula is C17H29N. The quantitative estimate of drug-likeness (QED) is 0.680. The molecule has 1 nitrogen and oxygen atoms in total. The minimum Gasteiger partial charge on any atom is -0.327 e. The Hall–Kier alpha value is -0.820. The molecule has 1 aromatic rings. The molecule has 1 heteroatoms. The molecule has 0 spiro atoms. The maximum atomic E-state index is 6.10. The van der Waals surface area contributed by atoms with Crippen LogP contribution in [-0.4, -0.2) is 6.04 Å². The van der Waals surface area contributed by atoms with Gasteiger partial charge < -0.3 is 5.73 Å². The van der Waals surface area contributed by atoms with Crippen molar-refractivity contribution >= 4 is 0 Å². The predicted octanol–water partition coefficient (Wildman–Crippen LogP) is 4.34. The summed E-state index contributed by atoms with van der Waals surface area (Å²) in [4.78, 5) is 0. The highest BCUT2D eigenvalue weighted by molar-refractivity contribution is 5.23. The molecule has 1 rings (SSSR count). The lowest BCUT2D eigenvalue weighted by Crippen LogP contribution is -2.28. The molecule has 0 aliphatic heterocycles. The van der Waals surface area contributed by atoms with E-state index in [0.29, 0.717) is 5.92 Å². The molecule has 0 saturated heterocycles. The lowest BCUT2D eigenvalue weighted by molar-refractivity contribution is 0.490. The van der Waals surface area contributed by atoms with Crippen molar-refractivity contribution in [3.63, 3.8) is 0 Å². The van der Waals surface area contributed by atoms with E-state index in [1.807, 2.05) is 0 Å². The van der Waals surface area contributed by atoms with Crippen molar-refractivity contribution in [1.29, 1.82) is 0 Å². The Balaban J connectivity index is 2.37. The summed E-state index contributed by atoms with van der Waals surface area (Å²) in [5.41, 5.74) is 8.93. The van der Waals surface area contributed by atoms with Crippen LogP contribution in [0.15, 0.2) is 24.3 Å². The molecule has 1 aromatic carbocycles. The molecule has 0 radical (unpaired) electrons. The third-order valence-electron chi connectivity index (χ3n) is 3.67. The van der Waals surface area contributed by atoms with Gasteiger partial charge in [-0.2, -0.15) is 0 Å². The van der Waals surface area contributed by atoms with Gasteiger partial charge in [0.05, 0.1) is 0 Å². The van der Waals surface area contributed by atoms with Gasteiger partial charge in [-0.1, -0.05) is 64.3 Å². The molecule has 0 heterocycles. The standard InChI is InChI=1S/C17H29N/c1-4-5-6-7-8-15-9-11-16(12-10-15)13-17(18)14(2)3/h9-12,14,17H,4-8,13,18H2,1-3H3. The molecule has 18 heavy (non-hydrogen) atoms. The number of nitrogens with two attached hydrogens (primary N) is 1. The number of aryl methyl sites for hydroxylation is 1. The van der Waals surface area contributed by atoms with Crippen molar-refractivity contribution in [3.05, 3.63) is 35.4 Å². The largest absolute Gasteiger partial charge is 0.327 e. The third-order valence-corrected chi connectivity index (χ3v) is 3.67. The number of benzene rings is 1. The average molecular weight is 247 g/mol. The molecule has 0 aliphatic rings. The monoisotopic (exact) mass is 247 g/mol. The van der Waals surface area contributed by atoms with Crippen LogP contribution in [0.2, 0.25) is 0 Å². The molecule has 0 amide bonds. The molecule has 0 bridgehead atoms. The van der Waals surface area contributed by atoms with E-state index in [2.05, 4.69) is 45.0 Å². The first kappa shape index (κ1) is 15.2. The fraction of sp³-hybridized carbons (Fsp3) is 0.647. The zero-order chi connectivity index (χ0) is 13.4. The van der Waals surface area contributed by atoms with Crippen LogP contribution in [-0.2, 0) is 12.8 Å². The van der Waals surface area contributed by atoms with Crippen molar-refractivity contribution in [2.24, 2.45) is 11.7 Å². The Bertz CT molecular complexity index is 313. The fourth-order valence-electron chi connectivity index (χ4n) is 2.11. The SMILES string of the molecule is CCCCCCc1ccc(CC(N)C(C)C)cc1. The van der Waals surface area contributed by atoms with Gasteiger partial charge in [0.15, 0.2) is 0 Å². The Kier molecular flexibility index (Phi) is 7.04. The molecule has 0 fully saturated rings. The highest BCUT2D eigenvalue weighted by Crippen LogP contribution is 2.12. The summed E-state index contributed by atoms with van der Waals surface area (Å²) in [7, 11) is 0. The second-order valence-corrected chi connectivity index (χ2v) is 5.74. The van der Waals surface area contributed by atoms with E-state index >= 15 is 0 Å². The van der Waals surface area contributed by atoms with E-state index in [4.69, 9.17) is 5.73 Å². The van der Waals surface area contributed by atoms with Crippen LogP contribution < -0.4 is 5.73 Å². The van der Waals surface area contributed by atoms with Crippen molar-refractivity contribution in [2.75, 3.05) is 0 Å². The van der Waals surface area contributed by atoms with E-state index in [0.717, 1.165) is 6.42 Å². The van der Waals surface area contributed by atoms with Crippen LogP contribution >= 0.6 is 0 Å². The van der Waals surface area contributed by atoms with Crippen molar-refractivity contribution < 1.29 is 0 Å². The maximum absolute atomic E-state index is 6.10. The normalized spacial score (nSPS) is 12.9. The van der Waals surface area contributed by atoms with Crippen LogP contribution in [0.25, 0.3) is 0 Å². The van der Waals surface area contributed by atoms with Crippen molar-refractivity contribution in [3.8, 4) is 0 Å². The van der Waals surface area contributed by atoms with Crippen LogP contribution in [0, 0.1) is 5.92 Å². The lowest BCUT2D eigenvalue weighted by Gasteiger charge is -2.15. The van der Waals surface area contributed by atoms with Gasteiger partial charge in [-0.05, 0) is 36.3 Å². The van der Waals surface area contributed by atoms with Crippen molar-refractivity contribution in [1.82, 2.24) is 0 Å². The number of hydrogen-bond acceptors (Lipinski definition) is 1. The second kappa shape index (κ2) is 8.31. The minimum atomic E-state index is 0.278. The summed E-state index contributed by atoms with van der Waals surface area (Å²) < 4.78 is 0. The summed E-state index contributed by atoms with van der Waals surface area (Å²) in [6.07, 6.45) is 7.56. The summed E-state index contributed by atoms with van der Waals surface area (Å²) >= 11 is 0. The van der Waals surface area contributed by atoms with Gasteiger partial charge in [0, 0.05) is 6.04 Å². The van der Waals surface area contributed by atoms with E-state index in [9.17, 15) is 0 Å². The van der Waals surface area contributed by atoms with Crippen molar-refractivity contribution in [2.45, 2.75) is 65.3 Å². The molecule has 1 atom stereocenters. The van der Waals surface area contributed by atoms with Crippen LogP contribution in [0.3, 0.4) is 0 Å². The lowest BCUT2D eigenvalue weighted by atomic mass is 9.96. The Morgan fingerprint density at radius 1 is 0.944 bits per heavy atom. The first-order chi connectivity index (χ1) is 8.63. The van der Waals surface area contributed by atoms with Gasteiger partial charge in [0.1, 0.15) is 0 Å². The summed E-state index contributed by atoms with van der Waals surface area (Å²) in [6, 6.07) is 9.32. The van der Waals surface area contributed by atoms with E-state index in [1.165, 1.54) is 43.2 Å². The van der Waals surface area contributed by atoms with E-state index in [1.54, 1.807) is 0 Å². The maximum Gasteiger partial charge on any atom is 0.0102 e. The van der Waals surface area contributed by atoms with E-state index in [-0.39, 0.29) is 6.04 Å². The van der Waals surface area contributed by atoms with Gasteiger partial charge in [0.2, 0.25) is 0 Å². The zero-order valence-electron chi connectivity index (χ0n) is 12.3. The molecule has 1 unspecified atom stereocenters. The molecule has 0 aromatic heterocycles. The molecular weight excluding hydrogens is 218 g/mol. The fourth-order valence-corrected chi connectivity index (χ4v) is 2.11. The first-order valence-electron chi connectivity index (χ1n) is 7.47. The Morgan fingerprint density at radius 3 is 2.11 bits per heavy atom. The van der Waals surface area contributed by atoms with Crippen LogP contribution in [0.1, 0.15) is 57.6 Å². The first-order valence-corrected chi connectivity index (χ1v) is 7.47. The molecule has 2 N–H and O–H groups in total. The summed E-state index contributed by atoms with van der Waals surface area (Å²) in [6.45, 7) is 6.63. The number of rotatable bonds is 8. The topological polar surface area (TPSA) is 26.0 Å². The Morgan fingerprint density at radius 2 is 1.56 bits per heavy atom. The van der Waals surface area contributed by atoms with Gasteiger partial charge in [-0.25, -0.2) is 0 Å². The number of unbranched alkanes of at least 4 members (excludes halogenated alkanes) is 3. The average Bonchev–Trinajstić information content (AvgIpc) is 2.36. The third kappa shape index (κ3) is 5.68. The summed E-state index contributed by atoms with van der Waals surface area (Å²) in [5, 5.41) is 0. The van der Waals surface area contributed by atoms with Gasteiger partial charge in [-0.3, -0.25) is 0 Å². The smallest absolute Gasteiger partial charge is 0.0102 e. The Labute approximate surface area is 113 Å². The highest BCUT2D eigenvalue weighted by atomic mass is 14.6. The second-order valence-electron chi connectivity index (χ2n) is 5.74. The highest BCUT2D eigenvalue weighted by Gasteiger charge is 2.08. The zero-order valence-corrected chi connectivity index (χ0v) is 12.3. The predicted molar refractivity (Wildman–Crippen MR) is 80.8 cm³/mol. The van der Waals surface area contributed by atoms with Gasteiger partial charge in [-0.15, -0.1) is 0 Å². The summed E-state index contributed by atoms with van der Waals surface area (Å²) in [5.74, 6) is 0.554. The van der Waals surface area contributed by atoms with Crippen LogP contribution in [0.4, 0.5) is 0 Å². The molecule has 102 valence electrons. The molecule has 0 saturated carbocycles. The van der Waals surface area contributed by atoms with Crippen LogP contribution in [0.5, 0.6) is 0 Å². The minimum absolute atomic E-state index is 0.278. The van der Waals surface area contributed by atoms with E-state index < -0.39 is 0 Å².